The molecular weight excluding hydrogens is 270 g/mol. The van der Waals surface area contributed by atoms with Gasteiger partial charge < -0.3 is 4.42 Å². The van der Waals surface area contributed by atoms with Gasteiger partial charge in [-0.15, -0.1) is 0 Å². The molecule has 22 heavy (non-hydrogen) atoms. The lowest BCUT2D eigenvalue weighted by atomic mass is 10.1. The van der Waals surface area contributed by atoms with E-state index in [4.69, 9.17) is 4.42 Å². The summed E-state index contributed by atoms with van der Waals surface area (Å²) >= 11 is 0. The molecule has 0 radical (unpaired) electrons. The second-order valence-corrected chi connectivity index (χ2v) is 4.77. The molecule has 0 aliphatic rings. The number of hydrogen-bond donors (Lipinski definition) is 0. The summed E-state index contributed by atoms with van der Waals surface area (Å²) in [5, 5.41) is 0. The first-order valence-electron chi connectivity index (χ1n) is 7.99. The van der Waals surface area contributed by atoms with Crippen LogP contribution in [0.1, 0.15) is 33.1 Å². The molecule has 0 unspecified atom stereocenters. The minimum Gasteiger partial charge on any atom is -0.440 e. The Morgan fingerprint density at radius 1 is 0.818 bits per heavy atom. The largest absolute Gasteiger partial charge is 0.440 e. The zero-order valence-corrected chi connectivity index (χ0v) is 13.5. The second kappa shape index (κ2) is 8.18. The summed E-state index contributed by atoms with van der Waals surface area (Å²) in [6, 6.07) is 20.4. The highest BCUT2D eigenvalue weighted by atomic mass is 16.4. The quantitative estimate of drug-likeness (QED) is 0.590. The molecule has 114 valence electrons. The molecule has 0 amide bonds. The third kappa shape index (κ3) is 3.64. The van der Waals surface area contributed by atoms with Gasteiger partial charge in [-0.25, -0.2) is 4.98 Å². The van der Waals surface area contributed by atoms with E-state index in [0.717, 1.165) is 41.3 Å². The van der Waals surface area contributed by atoms with Crippen LogP contribution >= 0.6 is 0 Å². The van der Waals surface area contributed by atoms with E-state index in [-0.39, 0.29) is 0 Å². The zero-order chi connectivity index (χ0) is 15.8. The predicted octanol–water partition coefficient (Wildman–Crippen LogP) is 5.99. The highest BCUT2D eigenvalue weighted by molar-refractivity contribution is 5.76. The van der Waals surface area contributed by atoms with Crippen molar-refractivity contribution in [3.05, 3.63) is 66.6 Å². The molecule has 0 atom stereocenters. The van der Waals surface area contributed by atoms with E-state index >= 15 is 0 Å². The molecule has 2 aromatic carbocycles. The molecule has 2 heteroatoms. The minimum absolute atomic E-state index is 0.810. The molecule has 0 aliphatic heterocycles. The molecule has 0 saturated heterocycles. The topological polar surface area (TPSA) is 26.0 Å². The highest BCUT2D eigenvalue weighted by Gasteiger charge is 2.15. The summed E-state index contributed by atoms with van der Waals surface area (Å²) in [7, 11) is 0. The fraction of sp³-hybridized carbons (Fsp3) is 0.250. The van der Waals surface area contributed by atoms with Crippen LogP contribution in [-0.2, 0) is 6.42 Å². The molecule has 0 fully saturated rings. The molecule has 0 spiro atoms. The smallest absolute Gasteiger partial charge is 0.195 e. The van der Waals surface area contributed by atoms with Crippen molar-refractivity contribution in [1.82, 2.24) is 4.98 Å². The standard InChI is InChI=1S/C18H17NO.C2H6/c1-2-9-16-19-17(14-10-5-3-6-11-14)18(20-16)15-12-7-4-8-13-15;1-2/h3-8,10-13H,2,9H2,1H3;1-2H3. The van der Waals surface area contributed by atoms with Gasteiger partial charge in [-0.1, -0.05) is 81.4 Å². The van der Waals surface area contributed by atoms with Crippen LogP contribution in [0.5, 0.6) is 0 Å². The number of benzene rings is 2. The van der Waals surface area contributed by atoms with E-state index in [0.29, 0.717) is 0 Å². The van der Waals surface area contributed by atoms with Gasteiger partial charge >= 0.3 is 0 Å². The lowest BCUT2D eigenvalue weighted by molar-refractivity contribution is 0.503. The summed E-state index contributed by atoms with van der Waals surface area (Å²) in [5.74, 6) is 1.67. The normalized spacial score (nSPS) is 9.95. The van der Waals surface area contributed by atoms with Crippen molar-refractivity contribution >= 4 is 0 Å². The Bertz CT molecular complexity index is 614. The van der Waals surface area contributed by atoms with Crippen LogP contribution in [0.4, 0.5) is 0 Å². The molecule has 1 heterocycles. The van der Waals surface area contributed by atoms with Gasteiger partial charge in [-0.05, 0) is 6.42 Å². The van der Waals surface area contributed by atoms with Crippen LogP contribution in [0.15, 0.2) is 65.1 Å². The van der Waals surface area contributed by atoms with Crippen LogP contribution in [0, 0.1) is 0 Å². The zero-order valence-electron chi connectivity index (χ0n) is 13.5. The maximum Gasteiger partial charge on any atom is 0.195 e. The van der Waals surface area contributed by atoms with Crippen LogP contribution in [-0.4, -0.2) is 4.98 Å². The summed E-state index contributed by atoms with van der Waals surface area (Å²) < 4.78 is 5.98. The maximum absolute atomic E-state index is 5.98. The van der Waals surface area contributed by atoms with Crippen molar-refractivity contribution in [2.24, 2.45) is 0 Å². The van der Waals surface area contributed by atoms with Gasteiger partial charge in [-0.3, -0.25) is 0 Å². The maximum atomic E-state index is 5.98. The van der Waals surface area contributed by atoms with E-state index in [9.17, 15) is 0 Å². The van der Waals surface area contributed by atoms with Crippen molar-refractivity contribution in [3.8, 4) is 22.6 Å². The lowest BCUT2D eigenvalue weighted by Gasteiger charge is -2.00. The Hall–Kier alpha value is -2.35. The molecule has 0 aliphatic carbocycles. The Morgan fingerprint density at radius 3 is 1.91 bits per heavy atom. The van der Waals surface area contributed by atoms with Crippen molar-refractivity contribution in [2.45, 2.75) is 33.6 Å². The molecule has 2 nitrogen and oxygen atoms in total. The average Bonchev–Trinajstić information content (AvgIpc) is 3.03. The fourth-order valence-electron chi connectivity index (χ4n) is 2.26. The number of oxazole rings is 1. The van der Waals surface area contributed by atoms with Gasteiger partial charge in [0.05, 0.1) is 0 Å². The Kier molecular flexibility index (Phi) is 5.96. The van der Waals surface area contributed by atoms with Crippen LogP contribution in [0.25, 0.3) is 22.6 Å². The molecular formula is C20H23NO. The van der Waals surface area contributed by atoms with Crippen molar-refractivity contribution in [1.29, 1.82) is 0 Å². The van der Waals surface area contributed by atoms with E-state index in [1.807, 2.05) is 50.2 Å². The van der Waals surface area contributed by atoms with Gasteiger partial charge in [0.25, 0.3) is 0 Å². The molecule has 1 aromatic heterocycles. The number of aromatic nitrogens is 1. The summed E-state index contributed by atoms with van der Waals surface area (Å²) in [6.45, 7) is 6.13. The molecule has 0 N–H and O–H groups in total. The van der Waals surface area contributed by atoms with Gasteiger partial charge in [0.15, 0.2) is 11.7 Å². The van der Waals surface area contributed by atoms with E-state index < -0.39 is 0 Å². The fourth-order valence-corrected chi connectivity index (χ4v) is 2.26. The Morgan fingerprint density at radius 2 is 1.36 bits per heavy atom. The minimum atomic E-state index is 0.810. The third-order valence-electron chi connectivity index (χ3n) is 3.22. The Labute approximate surface area is 132 Å². The summed E-state index contributed by atoms with van der Waals surface area (Å²) in [5.41, 5.74) is 3.10. The van der Waals surface area contributed by atoms with E-state index in [1.54, 1.807) is 0 Å². The van der Waals surface area contributed by atoms with Crippen molar-refractivity contribution in [3.63, 3.8) is 0 Å². The van der Waals surface area contributed by atoms with Gasteiger partial charge in [0.1, 0.15) is 5.69 Å². The van der Waals surface area contributed by atoms with Crippen LogP contribution in [0.3, 0.4) is 0 Å². The third-order valence-corrected chi connectivity index (χ3v) is 3.22. The first-order chi connectivity index (χ1) is 10.9. The highest BCUT2D eigenvalue weighted by Crippen LogP contribution is 2.32. The second-order valence-electron chi connectivity index (χ2n) is 4.77. The summed E-state index contributed by atoms with van der Waals surface area (Å²) in [6.07, 6.45) is 1.90. The van der Waals surface area contributed by atoms with Gasteiger partial charge in [0.2, 0.25) is 0 Å². The van der Waals surface area contributed by atoms with Gasteiger partial charge in [-0.2, -0.15) is 0 Å². The van der Waals surface area contributed by atoms with Crippen molar-refractivity contribution in [2.75, 3.05) is 0 Å². The summed E-state index contributed by atoms with van der Waals surface area (Å²) in [4.78, 5) is 4.68. The monoisotopic (exact) mass is 293 g/mol. The number of aryl methyl sites for hydroxylation is 1. The number of rotatable bonds is 4. The van der Waals surface area contributed by atoms with Gasteiger partial charge in [0, 0.05) is 17.5 Å². The molecule has 3 rings (SSSR count). The number of nitrogens with zero attached hydrogens (tertiary/aromatic N) is 1. The predicted molar refractivity (Wildman–Crippen MR) is 92.7 cm³/mol. The van der Waals surface area contributed by atoms with E-state index in [2.05, 4.69) is 36.2 Å². The van der Waals surface area contributed by atoms with E-state index in [1.165, 1.54) is 0 Å². The molecule has 0 saturated carbocycles. The first-order valence-corrected chi connectivity index (χ1v) is 7.99. The van der Waals surface area contributed by atoms with Crippen LogP contribution < -0.4 is 0 Å². The first kappa shape index (κ1) is 16.0. The van der Waals surface area contributed by atoms with Crippen LogP contribution in [0.2, 0.25) is 0 Å². The molecule has 3 aromatic rings. The average molecular weight is 293 g/mol. The lowest BCUT2D eigenvalue weighted by Crippen LogP contribution is -1.83. The SMILES string of the molecule is CC.CCCc1nc(-c2ccccc2)c(-c2ccccc2)o1. The Balaban J connectivity index is 0.000000847. The molecule has 0 bridgehead atoms. The van der Waals surface area contributed by atoms with Crippen molar-refractivity contribution < 1.29 is 4.42 Å². The number of hydrogen-bond acceptors (Lipinski definition) is 2.